The number of thioether (sulfide) groups is 1. The average molecular weight is 386 g/mol. The summed E-state index contributed by atoms with van der Waals surface area (Å²) in [4.78, 5) is 18.8. The lowest BCUT2D eigenvalue weighted by Crippen LogP contribution is -2.27. The number of nitrogens with zero attached hydrogens (tertiary/aromatic N) is 5. The smallest absolute Gasteiger partial charge is 0.273 e. The van der Waals surface area contributed by atoms with Gasteiger partial charge in [-0.3, -0.25) is 9.36 Å². The lowest BCUT2D eigenvalue weighted by atomic mass is 10.3. The third-order valence-corrected chi connectivity index (χ3v) is 6.27. The van der Waals surface area contributed by atoms with Crippen molar-refractivity contribution in [3.8, 4) is 5.69 Å². The number of aromatic nitrogens is 4. The summed E-state index contributed by atoms with van der Waals surface area (Å²) in [5, 5.41) is 12.1. The van der Waals surface area contributed by atoms with Crippen molar-refractivity contribution in [2.24, 2.45) is 0 Å². The molecule has 1 aliphatic heterocycles. The van der Waals surface area contributed by atoms with Crippen LogP contribution < -0.4 is 0 Å². The van der Waals surface area contributed by atoms with Crippen LogP contribution in [0.15, 0.2) is 40.9 Å². The van der Waals surface area contributed by atoms with Crippen LogP contribution in [0.3, 0.4) is 0 Å². The summed E-state index contributed by atoms with van der Waals surface area (Å²) in [7, 11) is 0. The number of carbonyl (C=O) groups excluding carboxylic acids is 1. The molecular weight excluding hydrogens is 366 g/mol. The van der Waals surface area contributed by atoms with E-state index in [0.717, 1.165) is 47.6 Å². The lowest BCUT2D eigenvalue weighted by molar-refractivity contribution is 0.0787. The van der Waals surface area contributed by atoms with Crippen LogP contribution in [0.25, 0.3) is 5.69 Å². The Kier molecular flexibility index (Phi) is 5.03. The number of amides is 1. The Labute approximate surface area is 160 Å². The van der Waals surface area contributed by atoms with Crippen LogP contribution in [0.2, 0.25) is 0 Å². The molecule has 6 nitrogen and oxygen atoms in total. The minimum Gasteiger partial charge on any atom is -0.337 e. The zero-order valence-electron chi connectivity index (χ0n) is 14.5. The first kappa shape index (κ1) is 17.2. The van der Waals surface area contributed by atoms with Gasteiger partial charge in [0.25, 0.3) is 5.91 Å². The molecule has 0 saturated carbocycles. The number of carbonyl (C=O) groups is 1. The number of benzene rings is 1. The predicted molar refractivity (Wildman–Crippen MR) is 103 cm³/mol. The van der Waals surface area contributed by atoms with E-state index in [1.165, 1.54) is 11.3 Å². The van der Waals surface area contributed by atoms with Gasteiger partial charge in [-0.25, -0.2) is 4.98 Å². The maximum Gasteiger partial charge on any atom is 0.273 e. The van der Waals surface area contributed by atoms with Crippen molar-refractivity contribution in [3.63, 3.8) is 0 Å². The Morgan fingerprint density at radius 2 is 1.96 bits per heavy atom. The summed E-state index contributed by atoms with van der Waals surface area (Å²) < 4.78 is 2.04. The highest BCUT2D eigenvalue weighted by atomic mass is 32.2. The molecule has 8 heteroatoms. The summed E-state index contributed by atoms with van der Waals surface area (Å²) >= 11 is 3.11. The molecule has 0 aliphatic carbocycles. The average Bonchev–Trinajstić information content (AvgIpc) is 3.41. The fraction of sp³-hybridized carbons (Fsp3) is 0.333. The van der Waals surface area contributed by atoms with Crippen LogP contribution in [0, 0.1) is 6.92 Å². The summed E-state index contributed by atoms with van der Waals surface area (Å²) in [5.74, 6) is 1.57. The fourth-order valence-electron chi connectivity index (χ4n) is 2.99. The SMILES string of the molecule is Cc1nnc(SCc2nc(C(=O)N3CCCC3)cs2)n1-c1ccccc1. The highest BCUT2D eigenvalue weighted by Crippen LogP contribution is 2.26. The van der Waals surface area contributed by atoms with E-state index in [1.54, 1.807) is 11.8 Å². The fourth-order valence-corrected chi connectivity index (χ4v) is 4.78. The van der Waals surface area contributed by atoms with Gasteiger partial charge in [0, 0.05) is 24.2 Å². The minimum absolute atomic E-state index is 0.0540. The van der Waals surface area contributed by atoms with E-state index in [2.05, 4.69) is 15.2 Å². The topological polar surface area (TPSA) is 63.9 Å². The van der Waals surface area contributed by atoms with Crippen molar-refractivity contribution >= 4 is 29.0 Å². The molecule has 3 heterocycles. The molecule has 1 saturated heterocycles. The van der Waals surface area contributed by atoms with Crippen molar-refractivity contribution < 1.29 is 4.79 Å². The molecule has 4 rings (SSSR count). The molecule has 0 N–H and O–H groups in total. The van der Waals surface area contributed by atoms with Gasteiger partial charge in [-0.1, -0.05) is 30.0 Å². The summed E-state index contributed by atoms with van der Waals surface area (Å²) in [6, 6.07) is 10.1. The number of hydrogen-bond donors (Lipinski definition) is 0. The van der Waals surface area contributed by atoms with Crippen LogP contribution in [0.4, 0.5) is 0 Å². The van der Waals surface area contributed by atoms with Crippen LogP contribution in [-0.2, 0) is 5.75 Å². The highest BCUT2D eigenvalue weighted by Gasteiger charge is 2.22. The van der Waals surface area contributed by atoms with Gasteiger partial charge in [-0.15, -0.1) is 21.5 Å². The zero-order chi connectivity index (χ0) is 17.9. The second kappa shape index (κ2) is 7.59. The van der Waals surface area contributed by atoms with E-state index in [-0.39, 0.29) is 5.91 Å². The Morgan fingerprint density at radius 1 is 1.19 bits per heavy atom. The number of thiazole rings is 1. The molecule has 1 fully saturated rings. The van der Waals surface area contributed by atoms with Gasteiger partial charge in [-0.2, -0.15) is 0 Å². The van der Waals surface area contributed by atoms with Crippen LogP contribution in [0.1, 0.15) is 34.2 Å². The standard InChI is InChI=1S/C18H19N5OS2/c1-13-20-21-18(23(13)14-7-3-2-4-8-14)26-12-16-19-15(11-25-16)17(24)22-9-5-6-10-22/h2-4,7-8,11H,5-6,9-10,12H2,1H3. The maximum absolute atomic E-state index is 12.4. The van der Waals surface area contributed by atoms with E-state index in [9.17, 15) is 4.79 Å². The van der Waals surface area contributed by atoms with Gasteiger partial charge in [0.15, 0.2) is 5.16 Å². The molecule has 0 bridgehead atoms. The second-order valence-electron chi connectivity index (χ2n) is 6.12. The molecule has 134 valence electrons. The van der Waals surface area contributed by atoms with Crippen molar-refractivity contribution in [1.82, 2.24) is 24.6 Å². The maximum atomic E-state index is 12.4. The van der Waals surface area contributed by atoms with E-state index in [1.807, 2.05) is 52.1 Å². The second-order valence-corrected chi connectivity index (χ2v) is 8.00. The van der Waals surface area contributed by atoms with Crippen LogP contribution in [-0.4, -0.2) is 43.6 Å². The quantitative estimate of drug-likeness (QED) is 0.629. The summed E-state index contributed by atoms with van der Waals surface area (Å²) in [6.07, 6.45) is 2.18. The van der Waals surface area contributed by atoms with E-state index >= 15 is 0 Å². The molecule has 0 radical (unpaired) electrons. The first-order chi connectivity index (χ1) is 12.7. The molecule has 3 aromatic rings. The van der Waals surface area contributed by atoms with E-state index in [0.29, 0.717) is 11.4 Å². The molecular formula is C18H19N5OS2. The third kappa shape index (κ3) is 3.52. The molecule has 1 aliphatic rings. The first-order valence-corrected chi connectivity index (χ1v) is 10.4. The summed E-state index contributed by atoms with van der Waals surface area (Å²) in [6.45, 7) is 3.64. The molecule has 26 heavy (non-hydrogen) atoms. The molecule has 1 amide bonds. The third-order valence-electron chi connectivity index (χ3n) is 4.30. The minimum atomic E-state index is 0.0540. The van der Waals surface area contributed by atoms with Crippen LogP contribution in [0.5, 0.6) is 0 Å². The largest absolute Gasteiger partial charge is 0.337 e. The number of hydrogen-bond acceptors (Lipinski definition) is 6. The number of aryl methyl sites for hydroxylation is 1. The summed E-state index contributed by atoms with van der Waals surface area (Å²) in [5.41, 5.74) is 1.61. The Hall–Kier alpha value is -2.19. The van der Waals surface area contributed by atoms with Gasteiger partial charge in [-0.05, 0) is 31.9 Å². The normalized spacial score (nSPS) is 14.1. The zero-order valence-corrected chi connectivity index (χ0v) is 16.1. The molecule has 0 unspecified atom stereocenters. The number of likely N-dealkylation sites (tertiary alicyclic amines) is 1. The first-order valence-electron chi connectivity index (χ1n) is 8.56. The van der Waals surface area contributed by atoms with Crippen molar-refractivity contribution in [2.45, 2.75) is 30.7 Å². The van der Waals surface area contributed by atoms with Gasteiger partial charge in [0.05, 0.1) is 5.75 Å². The number of para-hydroxylation sites is 1. The molecule has 0 spiro atoms. The van der Waals surface area contributed by atoms with E-state index in [4.69, 9.17) is 0 Å². The van der Waals surface area contributed by atoms with Gasteiger partial charge in [0.1, 0.15) is 16.5 Å². The lowest BCUT2D eigenvalue weighted by Gasteiger charge is -2.12. The molecule has 0 atom stereocenters. The predicted octanol–water partition coefficient (Wildman–Crippen LogP) is 3.56. The van der Waals surface area contributed by atoms with Crippen molar-refractivity contribution in [2.75, 3.05) is 13.1 Å². The van der Waals surface area contributed by atoms with Crippen molar-refractivity contribution in [3.05, 3.63) is 52.2 Å². The van der Waals surface area contributed by atoms with Crippen LogP contribution >= 0.6 is 23.1 Å². The Balaban J connectivity index is 1.46. The van der Waals surface area contributed by atoms with Crippen molar-refractivity contribution in [1.29, 1.82) is 0 Å². The van der Waals surface area contributed by atoms with Gasteiger partial charge >= 0.3 is 0 Å². The molecule has 2 aromatic heterocycles. The molecule has 1 aromatic carbocycles. The monoisotopic (exact) mass is 385 g/mol. The Morgan fingerprint density at radius 3 is 2.73 bits per heavy atom. The Bertz CT molecular complexity index is 899. The van der Waals surface area contributed by atoms with Gasteiger partial charge < -0.3 is 4.90 Å². The highest BCUT2D eigenvalue weighted by molar-refractivity contribution is 7.98. The number of rotatable bonds is 5. The van der Waals surface area contributed by atoms with E-state index < -0.39 is 0 Å². The van der Waals surface area contributed by atoms with Gasteiger partial charge in [0.2, 0.25) is 0 Å².